The standard InChI is InChI=1S/C21H24N2O4/c1-4-10-22(2)19(24)17-16-8-9-21(27-16)13-23(20(25)18(17)21)12-14-6-5-7-15(11-14)26-3/h4-9,11,16-18H,1,10,12-13H2,2-3H3/t16-,17+,18-,21-/m0/s1. The second-order valence-electron chi connectivity index (χ2n) is 7.45. The molecule has 1 aromatic rings. The summed E-state index contributed by atoms with van der Waals surface area (Å²) < 4.78 is 11.4. The fraction of sp³-hybridized carbons (Fsp3) is 0.429. The number of carbonyl (C=O) groups is 2. The number of fused-ring (bicyclic) bond motifs is 1. The van der Waals surface area contributed by atoms with Crippen LogP contribution >= 0.6 is 0 Å². The zero-order chi connectivity index (χ0) is 19.2. The van der Waals surface area contributed by atoms with Gasteiger partial charge in [0.2, 0.25) is 11.8 Å². The Morgan fingerprint density at radius 2 is 2.33 bits per heavy atom. The molecule has 6 heteroatoms. The largest absolute Gasteiger partial charge is 0.497 e. The van der Waals surface area contributed by atoms with Gasteiger partial charge in [0.25, 0.3) is 0 Å². The van der Waals surface area contributed by atoms with Gasteiger partial charge in [0, 0.05) is 20.1 Å². The highest BCUT2D eigenvalue weighted by molar-refractivity contribution is 5.93. The summed E-state index contributed by atoms with van der Waals surface area (Å²) in [5, 5.41) is 0. The quantitative estimate of drug-likeness (QED) is 0.716. The van der Waals surface area contributed by atoms with E-state index in [1.807, 2.05) is 36.4 Å². The molecule has 2 saturated heterocycles. The maximum absolute atomic E-state index is 13.2. The summed E-state index contributed by atoms with van der Waals surface area (Å²) in [5.74, 6) is -0.253. The minimum atomic E-state index is -0.685. The third kappa shape index (κ3) is 2.75. The third-order valence-electron chi connectivity index (χ3n) is 5.75. The first-order valence-corrected chi connectivity index (χ1v) is 9.14. The molecule has 0 N–H and O–H groups in total. The number of carbonyl (C=O) groups excluding carboxylic acids is 2. The maximum Gasteiger partial charge on any atom is 0.230 e. The summed E-state index contributed by atoms with van der Waals surface area (Å²) in [4.78, 5) is 29.6. The van der Waals surface area contributed by atoms with Gasteiger partial charge in [-0.25, -0.2) is 0 Å². The number of rotatable bonds is 6. The van der Waals surface area contributed by atoms with Crippen LogP contribution in [0.2, 0.25) is 0 Å². The van der Waals surface area contributed by atoms with Crippen molar-refractivity contribution >= 4 is 11.8 Å². The van der Waals surface area contributed by atoms with E-state index >= 15 is 0 Å². The van der Waals surface area contributed by atoms with E-state index in [9.17, 15) is 9.59 Å². The highest BCUT2D eigenvalue weighted by Gasteiger charge is 2.66. The van der Waals surface area contributed by atoms with E-state index in [4.69, 9.17) is 9.47 Å². The van der Waals surface area contributed by atoms with Gasteiger partial charge in [-0.1, -0.05) is 30.4 Å². The van der Waals surface area contributed by atoms with Gasteiger partial charge in [-0.15, -0.1) is 6.58 Å². The third-order valence-corrected chi connectivity index (χ3v) is 5.75. The van der Waals surface area contributed by atoms with E-state index in [1.165, 1.54) is 0 Å². The Morgan fingerprint density at radius 3 is 3.07 bits per heavy atom. The maximum atomic E-state index is 13.2. The van der Waals surface area contributed by atoms with Crippen LogP contribution in [0.15, 0.2) is 49.1 Å². The number of methoxy groups -OCH3 is 1. The lowest BCUT2D eigenvalue weighted by molar-refractivity contribution is -0.142. The average Bonchev–Trinajstić information content (AvgIpc) is 3.30. The first-order chi connectivity index (χ1) is 13.0. The summed E-state index contributed by atoms with van der Waals surface area (Å²) in [6, 6.07) is 7.68. The molecule has 0 radical (unpaired) electrons. The molecule has 2 bridgehead atoms. The van der Waals surface area contributed by atoms with Gasteiger partial charge >= 0.3 is 0 Å². The molecule has 4 rings (SSSR count). The van der Waals surface area contributed by atoms with Crippen LogP contribution in [0, 0.1) is 11.8 Å². The number of benzene rings is 1. The van der Waals surface area contributed by atoms with Gasteiger partial charge in [-0.3, -0.25) is 9.59 Å². The number of hydrogen-bond acceptors (Lipinski definition) is 4. The van der Waals surface area contributed by atoms with Crippen molar-refractivity contribution in [3.8, 4) is 5.75 Å². The molecule has 6 nitrogen and oxygen atoms in total. The number of amides is 2. The van der Waals surface area contributed by atoms with Gasteiger partial charge in [0.15, 0.2) is 0 Å². The van der Waals surface area contributed by atoms with Crippen molar-refractivity contribution in [1.82, 2.24) is 9.80 Å². The SMILES string of the molecule is C=CCN(C)C(=O)[C@@H]1[C@@H]2C=C[C@@]3(CN(Cc4cccc(OC)c4)C(=O)[C@H]13)O2. The Bertz CT molecular complexity index is 820. The Morgan fingerprint density at radius 1 is 1.52 bits per heavy atom. The first-order valence-electron chi connectivity index (χ1n) is 9.14. The molecule has 1 aromatic carbocycles. The molecular weight excluding hydrogens is 344 g/mol. The second-order valence-corrected chi connectivity index (χ2v) is 7.45. The number of likely N-dealkylation sites (tertiary alicyclic amines) is 1. The number of ether oxygens (including phenoxy) is 2. The Labute approximate surface area is 159 Å². The summed E-state index contributed by atoms with van der Waals surface area (Å²) in [6.45, 7) is 5.08. The van der Waals surface area contributed by atoms with Crippen molar-refractivity contribution in [2.45, 2.75) is 18.2 Å². The van der Waals surface area contributed by atoms with Gasteiger partial charge in [0.1, 0.15) is 11.4 Å². The monoisotopic (exact) mass is 368 g/mol. The number of nitrogens with zero attached hydrogens (tertiary/aromatic N) is 2. The molecule has 0 saturated carbocycles. The Kier molecular flexibility index (Phi) is 4.30. The van der Waals surface area contributed by atoms with E-state index < -0.39 is 17.4 Å². The normalized spacial score (nSPS) is 30.5. The highest BCUT2D eigenvalue weighted by atomic mass is 16.5. The Hall–Kier alpha value is -2.60. The van der Waals surface area contributed by atoms with Crippen LogP contribution in [0.4, 0.5) is 0 Å². The lowest BCUT2D eigenvalue weighted by atomic mass is 9.76. The molecule has 4 atom stereocenters. The van der Waals surface area contributed by atoms with Crippen LogP contribution in [-0.4, -0.2) is 60.6 Å². The molecule has 2 amide bonds. The summed E-state index contributed by atoms with van der Waals surface area (Å²) in [5.41, 5.74) is 0.305. The van der Waals surface area contributed by atoms with Gasteiger partial charge in [0.05, 0.1) is 31.6 Å². The summed E-state index contributed by atoms with van der Waals surface area (Å²) in [7, 11) is 3.36. The predicted octanol–water partition coefficient (Wildman–Crippen LogP) is 1.62. The molecule has 3 aliphatic heterocycles. The van der Waals surface area contributed by atoms with Crippen LogP contribution in [0.1, 0.15) is 5.56 Å². The highest BCUT2D eigenvalue weighted by Crippen LogP contribution is 2.52. The zero-order valence-electron chi connectivity index (χ0n) is 15.6. The van der Waals surface area contributed by atoms with E-state index in [0.717, 1.165) is 11.3 Å². The van der Waals surface area contributed by atoms with E-state index in [1.54, 1.807) is 30.0 Å². The van der Waals surface area contributed by atoms with E-state index in [-0.39, 0.29) is 17.9 Å². The van der Waals surface area contributed by atoms with E-state index in [0.29, 0.717) is 19.6 Å². The molecule has 3 heterocycles. The molecule has 0 unspecified atom stereocenters. The van der Waals surface area contributed by atoms with Crippen molar-refractivity contribution in [3.05, 3.63) is 54.6 Å². The Balaban J connectivity index is 1.57. The average molecular weight is 368 g/mol. The molecule has 142 valence electrons. The van der Waals surface area contributed by atoms with Gasteiger partial charge < -0.3 is 19.3 Å². The van der Waals surface area contributed by atoms with Crippen molar-refractivity contribution in [2.75, 3.05) is 27.2 Å². The molecule has 3 aliphatic rings. The van der Waals surface area contributed by atoms with Crippen LogP contribution in [0.25, 0.3) is 0 Å². The summed E-state index contributed by atoms with van der Waals surface area (Å²) >= 11 is 0. The molecule has 0 aromatic heterocycles. The molecular formula is C21H24N2O4. The summed E-state index contributed by atoms with van der Waals surface area (Å²) in [6.07, 6.45) is 5.27. The second kappa shape index (κ2) is 6.53. The fourth-order valence-corrected chi connectivity index (χ4v) is 4.52. The minimum Gasteiger partial charge on any atom is -0.497 e. The topological polar surface area (TPSA) is 59.1 Å². The van der Waals surface area contributed by atoms with Crippen molar-refractivity contribution in [3.63, 3.8) is 0 Å². The van der Waals surface area contributed by atoms with Crippen LogP contribution in [0.3, 0.4) is 0 Å². The minimum absolute atomic E-state index is 0.0185. The molecule has 1 spiro atoms. The predicted molar refractivity (Wildman–Crippen MR) is 100.0 cm³/mol. The van der Waals surface area contributed by atoms with E-state index in [2.05, 4.69) is 6.58 Å². The first kappa shape index (κ1) is 17.8. The van der Waals surface area contributed by atoms with Crippen molar-refractivity contribution in [1.29, 1.82) is 0 Å². The van der Waals surface area contributed by atoms with Crippen molar-refractivity contribution in [2.24, 2.45) is 11.8 Å². The molecule has 0 aliphatic carbocycles. The molecule has 27 heavy (non-hydrogen) atoms. The van der Waals surface area contributed by atoms with Gasteiger partial charge in [-0.2, -0.15) is 0 Å². The zero-order valence-corrected chi connectivity index (χ0v) is 15.6. The fourth-order valence-electron chi connectivity index (χ4n) is 4.52. The number of hydrogen-bond donors (Lipinski definition) is 0. The van der Waals surface area contributed by atoms with Crippen molar-refractivity contribution < 1.29 is 19.1 Å². The number of likely N-dealkylation sites (N-methyl/N-ethyl adjacent to an activating group) is 1. The lowest BCUT2D eigenvalue weighted by Gasteiger charge is -2.27. The van der Waals surface area contributed by atoms with Gasteiger partial charge in [-0.05, 0) is 17.7 Å². The van der Waals surface area contributed by atoms with Crippen LogP contribution in [0.5, 0.6) is 5.75 Å². The lowest BCUT2D eigenvalue weighted by Crippen LogP contribution is -2.44. The molecule has 2 fully saturated rings. The van der Waals surface area contributed by atoms with Crippen LogP contribution < -0.4 is 4.74 Å². The van der Waals surface area contributed by atoms with Crippen LogP contribution in [-0.2, 0) is 20.9 Å². The smallest absolute Gasteiger partial charge is 0.230 e.